The maximum atomic E-state index is 9.43. The smallest absolute Gasteiger partial charge is 0.209 e. The lowest BCUT2D eigenvalue weighted by Gasteiger charge is -1.93. The van der Waals surface area contributed by atoms with E-state index in [9.17, 15) is 4.79 Å². The van der Waals surface area contributed by atoms with Crippen molar-refractivity contribution in [3.63, 3.8) is 0 Å². The van der Waals surface area contributed by atoms with Crippen molar-refractivity contribution in [2.45, 2.75) is 0 Å². The van der Waals surface area contributed by atoms with Crippen molar-refractivity contribution in [3.05, 3.63) is 30.6 Å². The molecule has 1 aromatic rings. The summed E-state index contributed by atoms with van der Waals surface area (Å²) in [7, 11) is 3.38. The second-order valence-electron chi connectivity index (χ2n) is 2.47. The topological polar surface area (TPSA) is 33.2 Å². The minimum absolute atomic E-state index is 0.557. The molecule has 0 fully saturated rings. The maximum Gasteiger partial charge on any atom is 0.209 e. The number of alkyl halides is 2. The van der Waals surface area contributed by atoms with E-state index in [4.69, 9.17) is 23.2 Å². The zero-order valence-electron chi connectivity index (χ0n) is 8.94. The molecule has 3 nitrogen and oxygen atoms in total. The molecule has 0 unspecified atom stereocenters. The first-order valence-electron chi connectivity index (χ1n) is 4.27. The highest BCUT2D eigenvalue weighted by Gasteiger charge is 1.68. The third-order valence-electron chi connectivity index (χ3n) is 0.849. The Morgan fingerprint density at radius 3 is 1.60 bits per heavy atom. The van der Waals surface area contributed by atoms with E-state index in [1.165, 1.54) is 4.90 Å². The molecule has 86 valence electrons. The molecule has 0 spiro atoms. The summed E-state index contributed by atoms with van der Waals surface area (Å²) in [5.74, 6) is 1.11. The lowest BCUT2D eigenvalue weighted by atomic mass is 10.5. The molecule has 15 heavy (non-hydrogen) atoms. The molecule has 0 aliphatic heterocycles. The van der Waals surface area contributed by atoms with Crippen LogP contribution in [0.4, 0.5) is 0 Å². The first-order chi connectivity index (χ1) is 7.18. The Labute approximate surface area is 101 Å². The van der Waals surface area contributed by atoms with Crippen molar-refractivity contribution in [3.8, 4) is 0 Å². The number of nitrogens with zero attached hydrogens (tertiary/aromatic N) is 2. The van der Waals surface area contributed by atoms with Crippen molar-refractivity contribution in [2.24, 2.45) is 0 Å². The van der Waals surface area contributed by atoms with E-state index in [-0.39, 0.29) is 0 Å². The summed E-state index contributed by atoms with van der Waals surface area (Å²) in [6, 6.07) is 5.72. The first kappa shape index (κ1) is 16.6. The third kappa shape index (κ3) is 24.6. The standard InChI is InChI=1S/C5H5N.C3H7NO.C2H4Cl2/c1-2-4-6-5-3-1;1-4(2)3-5;3-1-2-4/h1-5H;3H,1-2H3;1-2H2. The molecule has 0 aliphatic carbocycles. The number of hydrogen-bond donors (Lipinski definition) is 0. The summed E-state index contributed by atoms with van der Waals surface area (Å²) in [6.45, 7) is 0. The second-order valence-corrected chi connectivity index (χ2v) is 3.23. The fourth-order valence-electron chi connectivity index (χ4n) is 0.313. The molecule has 0 aromatic carbocycles. The predicted molar refractivity (Wildman–Crippen MR) is 65.4 cm³/mol. The van der Waals surface area contributed by atoms with E-state index in [2.05, 4.69) is 4.98 Å². The number of rotatable bonds is 2. The molecule has 1 rings (SSSR count). The molecular formula is C10H16Cl2N2O. The highest BCUT2D eigenvalue weighted by atomic mass is 35.5. The van der Waals surface area contributed by atoms with E-state index in [1.54, 1.807) is 26.5 Å². The zero-order chi connectivity index (χ0) is 11.9. The van der Waals surface area contributed by atoms with Gasteiger partial charge in [0.15, 0.2) is 0 Å². The van der Waals surface area contributed by atoms with Crippen LogP contribution in [-0.2, 0) is 4.79 Å². The van der Waals surface area contributed by atoms with Gasteiger partial charge in [0.2, 0.25) is 6.41 Å². The van der Waals surface area contributed by atoms with Crippen LogP contribution in [0.15, 0.2) is 30.6 Å². The monoisotopic (exact) mass is 250 g/mol. The third-order valence-corrected chi connectivity index (χ3v) is 1.42. The van der Waals surface area contributed by atoms with Crippen molar-refractivity contribution in [2.75, 3.05) is 25.9 Å². The van der Waals surface area contributed by atoms with Gasteiger partial charge in [0, 0.05) is 38.2 Å². The number of halogens is 2. The highest BCUT2D eigenvalue weighted by Crippen LogP contribution is 1.75. The van der Waals surface area contributed by atoms with Gasteiger partial charge in [-0.2, -0.15) is 0 Å². The molecule has 0 aliphatic rings. The van der Waals surface area contributed by atoms with E-state index in [0.29, 0.717) is 11.8 Å². The SMILES string of the molecule is CN(C)C=O.ClCCCl.c1ccncc1. The van der Waals surface area contributed by atoms with Gasteiger partial charge in [-0.05, 0) is 12.1 Å². The normalized spacial score (nSPS) is 7.47. The van der Waals surface area contributed by atoms with Crippen LogP contribution < -0.4 is 0 Å². The van der Waals surface area contributed by atoms with E-state index in [1.807, 2.05) is 18.2 Å². The van der Waals surface area contributed by atoms with E-state index in [0.717, 1.165) is 6.41 Å². The lowest BCUT2D eigenvalue weighted by molar-refractivity contribution is -0.115. The second kappa shape index (κ2) is 15.7. The Bertz CT molecular complexity index is 179. The molecule has 0 atom stereocenters. The molecule has 0 bridgehead atoms. The lowest BCUT2D eigenvalue weighted by Crippen LogP contribution is -2.06. The summed E-state index contributed by atoms with van der Waals surface area (Å²) in [4.78, 5) is 14.7. The minimum Gasteiger partial charge on any atom is -0.351 e. The van der Waals surface area contributed by atoms with Crippen LogP contribution in [0.1, 0.15) is 0 Å². The van der Waals surface area contributed by atoms with Crippen molar-refractivity contribution in [1.29, 1.82) is 0 Å². The molecule has 1 heterocycles. The number of carbonyl (C=O) groups excluding carboxylic acids is 1. The van der Waals surface area contributed by atoms with E-state index >= 15 is 0 Å². The molecular weight excluding hydrogens is 235 g/mol. The zero-order valence-corrected chi connectivity index (χ0v) is 10.4. The summed E-state index contributed by atoms with van der Waals surface area (Å²) < 4.78 is 0. The Kier molecular flexibility index (Phi) is 17.4. The van der Waals surface area contributed by atoms with Gasteiger partial charge in [-0.3, -0.25) is 9.78 Å². The number of amides is 1. The van der Waals surface area contributed by atoms with Crippen LogP contribution in [0.25, 0.3) is 0 Å². The first-order valence-corrected chi connectivity index (χ1v) is 5.34. The highest BCUT2D eigenvalue weighted by molar-refractivity contribution is 6.25. The molecule has 0 saturated carbocycles. The van der Waals surface area contributed by atoms with Gasteiger partial charge in [-0.1, -0.05) is 6.07 Å². The molecule has 1 aromatic heterocycles. The van der Waals surface area contributed by atoms with Crippen molar-refractivity contribution >= 4 is 29.6 Å². The summed E-state index contributed by atoms with van der Waals surface area (Å²) in [5.41, 5.74) is 0. The summed E-state index contributed by atoms with van der Waals surface area (Å²) in [5, 5.41) is 0. The fourth-order valence-corrected chi connectivity index (χ4v) is 0.313. The average molecular weight is 251 g/mol. The summed E-state index contributed by atoms with van der Waals surface area (Å²) in [6.07, 6.45) is 4.25. The molecule has 1 amide bonds. The van der Waals surface area contributed by atoms with Crippen LogP contribution in [0.3, 0.4) is 0 Å². The Morgan fingerprint density at radius 2 is 1.53 bits per heavy atom. The maximum absolute atomic E-state index is 9.43. The van der Waals surface area contributed by atoms with Gasteiger partial charge in [0.25, 0.3) is 0 Å². The van der Waals surface area contributed by atoms with Crippen LogP contribution in [0.5, 0.6) is 0 Å². The molecule has 0 radical (unpaired) electrons. The largest absolute Gasteiger partial charge is 0.351 e. The van der Waals surface area contributed by atoms with Gasteiger partial charge in [-0.25, -0.2) is 0 Å². The minimum atomic E-state index is 0.557. The van der Waals surface area contributed by atoms with Gasteiger partial charge in [-0.15, -0.1) is 23.2 Å². The molecule has 0 saturated heterocycles. The molecule has 5 heteroatoms. The van der Waals surface area contributed by atoms with Gasteiger partial charge >= 0.3 is 0 Å². The van der Waals surface area contributed by atoms with Gasteiger partial charge < -0.3 is 4.90 Å². The van der Waals surface area contributed by atoms with Crippen LogP contribution >= 0.6 is 23.2 Å². The number of aromatic nitrogens is 1. The van der Waals surface area contributed by atoms with Gasteiger partial charge in [0.1, 0.15) is 0 Å². The predicted octanol–water partition coefficient (Wildman–Crippen LogP) is 2.25. The van der Waals surface area contributed by atoms with Crippen LogP contribution in [-0.4, -0.2) is 42.1 Å². The van der Waals surface area contributed by atoms with Crippen molar-refractivity contribution < 1.29 is 4.79 Å². The average Bonchev–Trinajstić information content (AvgIpc) is 2.32. The summed E-state index contributed by atoms with van der Waals surface area (Å²) >= 11 is 10.1. The van der Waals surface area contributed by atoms with Crippen LogP contribution in [0.2, 0.25) is 0 Å². The Balaban J connectivity index is 0. The van der Waals surface area contributed by atoms with Crippen molar-refractivity contribution in [1.82, 2.24) is 9.88 Å². The van der Waals surface area contributed by atoms with Crippen LogP contribution in [0, 0.1) is 0 Å². The Hall–Kier alpha value is -0.800. The van der Waals surface area contributed by atoms with Gasteiger partial charge in [0.05, 0.1) is 0 Å². The Morgan fingerprint density at radius 1 is 1.13 bits per heavy atom. The molecule has 0 N–H and O–H groups in total. The van der Waals surface area contributed by atoms with E-state index < -0.39 is 0 Å². The number of hydrogen-bond acceptors (Lipinski definition) is 2. The number of pyridine rings is 1. The fraction of sp³-hybridized carbons (Fsp3) is 0.400. The number of carbonyl (C=O) groups is 1. The quantitative estimate of drug-likeness (QED) is 0.596.